The molecule has 1 aliphatic carbocycles. The van der Waals surface area contributed by atoms with Gasteiger partial charge in [-0.2, -0.15) is 0 Å². The molecule has 1 saturated heterocycles. The minimum absolute atomic E-state index is 0. The van der Waals surface area contributed by atoms with Crippen molar-refractivity contribution in [1.82, 2.24) is 10.2 Å². The van der Waals surface area contributed by atoms with Gasteiger partial charge >= 0.3 is 0 Å². The Kier molecular flexibility index (Phi) is 8.86. The zero-order valence-corrected chi connectivity index (χ0v) is 16.5. The highest BCUT2D eigenvalue weighted by molar-refractivity contribution is 5.85. The largest absolute Gasteiger partial charge is 0.508 e. The van der Waals surface area contributed by atoms with Crippen molar-refractivity contribution >= 4 is 24.8 Å². The zero-order chi connectivity index (χ0) is 15.5. The second-order valence-electron chi connectivity index (χ2n) is 7.12. The molecule has 0 bridgehead atoms. The van der Waals surface area contributed by atoms with Crippen LogP contribution in [0.15, 0.2) is 12.1 Å². The highest BCUT2D eigenvalue weighted by Gasteiger charge is 2.32. The van der Waals surface area contributed by atoms with E-state index in [9.17, 15) is 5.11 Å². The van der Waals surface area contributed by atoms with E-state index in [4.69, 9.17) is 0 Å². The van der Waals surface area contributed by atoms with E-state index in [0.717, 1.165) is 32.1 Å². The molecule has 3 nitrogen and oxygen atoms in total. The number of halogens is 2. The maximum absolute atomic E-state index is 9.90. The lowest BCUT2D eigenvalue weighted by Gasteiger charge is -2.42. The fraction of sp³-hybridized carbons (Fsp3) is 0.684. The average Bonchev–Trinajstić information content (AvgIpc) is 2.52. The number of phenols is 1. The van der Waals surface area contributed by atoms with Gasteiger partial charge in [0.1, 0.15) is 5.75 Å². The second kappa shape index (κ2) is 9.86. The first kappa shape index (κ1) is 21.6. The number of nitrogens with zero attached hydrogens (tertiary/aromatic N) is 1. The molecular weight excluding hydrogens is 343 g/mol. The Morgan fingerprint density at radius 3 is 2.08 bits per heavy atom. The molecule has 1 aromatic carbocycles. The Hall–Kier alpha value is -0.480. The van der Waals surface area contributed by atoms with E-state index in [1.165, 1.54) is 48.8 Å². The van der Waals surface area contributed by atoms with Crippen LogP contribution in [0.4, 0.5) is 0 Å². The van der Waals surface area contributed by atoms with Gasteiger partial charge < -0.3 is 10.4 Å². The molecule has 0 aromatic heterocycles. The standard InChI is InChI=1S/C19H30N2O.2ClH/c1-14-12-17(22)13-15(2)18(14)19(16-6-4-3-5-7-16)21-10-8-20-9-11-21;;/h12-13,16,19-20,22H,3-11H2,1-2H3;2*1H/t19-;;/m1../s1. The molecule has 0 radical (unpaired) electrons. The van der Waals surface area contributed by atoms with E-state index in [0.29, 0.717) is 11.8 Å². The van der Waals surface area contributed by atoms with Gasteiger partial charge in [-0.15, -0.1) is 24.8 Å². The number of hydrogen-bond acceptors (Lipinski definition) is 3. The molecule has 1 aliphatic heterocycles. The number of piperazine rings is 1. The van der Waals surface area contributed by atoms with E-state index < -0.39 is 0 Å². The minimum atomic E-state index is 0. The summed E-state index contributed by atoms with van der Waals surface area (Å²) in [7, 11) is 0. The van der Waals surface area contributed by atoms with Gasteiger partial charge in [0.25, 0.3) is 0 Å². The van der Waals surface area contributed by atoms with Crippen molar-refractivity contribution in [2.45, 2.75) is 52.0 Å². The van der Waals surface area contributed by atoms with Crippen molar-refractivity contribution in [2.75, 3.05) is 26.2 Å². The van der Waals surface area contributed by atoms with Gasteiger partial charge in [-0.3, -0.25) is 4.90 Å². The summed E-state index contributed by atoms with van der Waals surface area (Å²) in [4.78, 5) is 2.69. The van der Waals surface area contributed by atoms with Crippen LogP contribution in [-0.4, -0.2) is 36.2 Å². The highest BCUT2D eigenvalue weighted by atomic mass is 35.5. The summed E-state index contributed by atoms with van der Waals surface area (Å²) in [5.74, 6) is 1.18. The maximum atomic E-state index is 9.90. The number of phenolic OH excluding ortho intramolecular Hbond substituents is 1. The van der Waals surface area contributed by atoms with Crippen LogP contribution in [-0.2, 0) is 0 Å². The maximum Gasteiger partial charge on any atom is 0.116 e. The van der Waals surface area contributed by atoms with Gasteiger partial charge in [0, 0.05) is 32.2 Å². The lowest BCUT2D eigenvalue weighted by atomic mass is 9.78. The lowest BCUT2D eigenvalue weighted by molar-refractivity contribution is 0.102. The molecule has 2 fully saturated rings. The van der Waals surface area contributed by atoms with Gasteiger partial charge in [0.05, 0.1) is 0 Å². The van der Waals surface area contributed by atoms with Crippen molar-refractivity contribution < 1.29 is 5.11 Å². The molecule has 1 heterocycles. The van der Waals surface area contributed by atoms with Crippen molar-refractivity contribution in [3.63, 3.8) is 0 Å². The SMILES string of the molecule is Cc1cc(O)cc(C)c1[C@@H](C1CCCCC1)N1CCNCC1.Cl.Cl. The number of aryl methyl sites for hydroxylation is 2. The van der Waals surface area contributed by atoms with E-state index >= 15 is 0 Å². The van der Waals surface area contributed by atoms with Crippen LogP contribution in [0.2, 0.25) is 0 Å². The number of benzene rings is 1. The predicted molar refractivity (Wildman–Crippen MR) is 106 cm³/mol. The molecule has 1 atom stereocenters. The van der Waals surface area contributed by atoms with Gasteiger partial charge in [-0.05, 0) is 61.4 Å². The van der Waals surface area contributed by atoms with Crippen LogP contribution in [0.1, 0.15) is 54.8 Å². The van der Waals surface area contributed by atoms with Gasteiger partial charge in [0.15, 0.2) is 0 Å². The smallest absolute Gasteiger partial charge is 0.116 e. The first-order valence-electron chi connectivity index (χ1n) is 8.91. The number of aromatic hydroxyl groups is 1. The predicted octanol–water partition coefficient (Wildman–Crippen LogP) is 4.38. The Morgan fingerprint density at radius 2 is 1.54 bits per heavy atom. The van der Waals surface area contributed by atoms with E-state index in [-0.39, 0.29) is 24.8 Å². The second-order valence-corrected chi connectivity index (χ2v) is 7.12. The van der Waals surface area contributed by atoms with Crippen LogP contribution < -0.4 is 5.32 Å². The molecule has 1 aromatic rings. The molecule has 0 unspecified atom stereocenters. The molecule has 1 saturated carbocycles. The third-order valence-electron chi connectivity index (χ3n) is 5.52. The van der Waals surface area contributed by atoms with Crippen molar-refractivity contribution in [3.05, 3.63) is 28.8 Å². The molecule has 0 amide bonds. The Bertz CT molecular complexity index is 471. The van der Waals surface area contributed by atoms with Gasteiger partial charge in [-0.25, -0.2) is 0 Å². The highest BCUT2D eigenvalue weighted by Crippen LogP contribution is 2.41. The Balaban J connectivity index is 0.00000144. The Morgan fingerprint density at radius 1 is 1.00 bits per heavy atom. The molecule has 0 spiro atoms. The molecule has 24 heavy (non-hydrogen) atoms. The fourth-order valence-corrected chi connectivity index (χ4v) is 4.54. The monoisotopic (exact) mass is 374 g/mol. The quantitative estimate of drug-likeness (QED) is 0.823. The summed E-state index contributed by atoms with van der Waals surface area (Å²) in [6.07, 6.45) is 6.87. The van der Waals surface area contributed by atoms with Crippen molar-refractivity contribution in [1.29, 1.82) is 0 Å². The summed E-state index contributed by atoms with van der Waals surface area (Å²) in [5.41, 5.74) is 3.99. The number of rotatable bonds is 3. The lowest BCUT2D eigenvalue weighted by Crippen LogP contribution is -2.47. The zero-order valence-electron chi connectivity index (χ0n) is 14.9. The molecule has 5 heteroatoms. The van der Waals surface area contributed by atoms with Crippen LogP contribution in [0.25, 0.3) is 0 Å². The first-order chi connectivity index (χ1) is 10.7. The van der Waals surface area contributed by atoms with Crippen LogP contribution in [0.5, 0.6) is 5.75 Å². The third kappa shape index (κ3) is 4.78. The minimum Gasteiger partial charge on any atom is -0.508 e. The molecule has 3 rings (SSSR count). The Labute approximate surface area is 159 Å². The summed E-state index contributed by atoms with van der Waals surface area (Å²) < 4.78 is 0. The van der Waals surface area contributed by atoms with Gasteiger partial charge in [0.2, 0.25) is 0 Å². The average molecular weight is 375 g/mol. The van der Waals surface area contributed by atoms with Gasteiger partial charge in [-0.1, -0.05) is 19.3 Å². The third-order valence-corrected chi connectivity index (χ3v) is 5.52. The summed E-state index contributed by atoms with van der Waals surface area (Å²) in [5, 5.41) is 13.4. The fourth-order valence-electron chi connectivity index (χ4n) is 4.54. The topological polar surface area (TPSA) is 35.5 Å². The number of nitrogens with one attached hydrogen (secondary N) is 1. The first-order valence-corrected chi connectivity index (χ1v) is 8.91. The molecule has 138 valence electrons. The van der Waals surface area contributed by atoms with Crippen LogP contribution in [0.3, 0.4) is 0 Å². The van der Waals surface area contributed by atoms with Crippen molar-refractivity contribution in [3.8, 4) is 5.75 Å². The summed E-state index contributed by atoms with van der Waals surface area (Å²) in [6, 6.07) is 4.42. The van der Waals surface area contributed by atoms with E-state index in [1.807, 2.05) is 12.1 Å². The van der Waals surface area contributed by atoms with E-state index in [1.54, 1.807) is 0 Å². The summed E-state index contributed by atoms with van der Waals surface area (Å²) >= 11 is 0. The summed E-state index contributed by atoms with van der Waals surface area (Å²) in [6.45, 7) is 8.81. The van der Waals surface area contributed by atoms with Crippen LogP contribution >= 0.6 is 24.8 Å². The normalized spacial score (nSPS) is 20.8. The van der Waals surface area contributed by atoms with Crippen LogP contribution in [0, 0.1) is 19.8 Å². The molecule has 2 N–H and O–H groups in total. The van der Waals surface area contributed by atoms with E-state index in [2.05, 4.69) is 24.1 Å². The number of hydrogen-bond donors (Lipinski definition) is 2. The molecule has 2 aliphatic rings. The van der Waals surface area contributed by atoms with Crippen molar-refractivity contribution in [2.24, 2.45) is 5.92 Å². The molecular formula is C19H32Cl2N2O.